The molecule has 0 radical (unpaired) electrons. The zero-order valence-corrected chi connectivity index (χ0v) is 14.7. The Kier molecular flexibility index (Phi) is 6.62. The van der Waals surface area contributed by atoms with Gasteiger partial charge in [0.2, 0.25) is 5.89 Å². The van der Waals surface area contributed by atoms with E-state index in [9.17, 15) is 0 Å². The molecule has 2 aromatic carbocycles. The molecule has 0 aliphatic heterocycles. The standard InChI is InChI=1S/C22H23NO3/c24-15-5-4-8-19-9-12-21(13-10-19)25-16-20-17-26-22(23-20)14-11-18-6-2-1-3-7-18/h1-3,6-7,9-14,17,24H,4-5,8,15-16H2. The molecule has 0 atom stereocenters. The Morgan fingerprint density at radius 3 is 2.54 bits per heavy atom. The summed E-state index contributed by atoms with van der Waals surface area (Å²) in [5.74, 6) is 1.37. The summed E-state index contributed by atoms with van der Waals surface area (Å²) in [7, 11) is 0. The normalized spacial score (nSPS) is 11.1. The first-order chi connectivity index (χ1) is 12.8. The summed E-state index contributed by atoms with van der Waals surface area (Å²) in [5.41, 5.74) is 3.10. The molecule has 0 saturated heterocycles. The third-order valence-electron chi connectivity index (χ3n) is 3.97. The molecule has 0 saturated carbocycles. The van der Waals surface area contributed by atoms with Gasteiger partial charge >= 0.3 is 0 Å². The number of unbranched alkanes of at least 4 members (excludes halogenated alkanes) is 1. The van der Waals surface area contributed by atoms with E-state index in [4.69, 9.17) is 14.3 Å². The van der Waals surface area contributed by atoms with Crippen LogP contribution in [0.25, 0.3) is 12.2 Å². The third kappa shape index (κ3) is 5.60. The van der Waals surface area contributed by atoms with Crippen molar-refractivity contribution >= 4 is 12.2 Å². The van der Waals surface area contributed by atoms with E-state index in [0.717, 1.165) is 36.3 Å². The molecule has 0 spiro atoms. The van der Waals surface area contributed by atoms with Gasteiger partial charge in [0.15, 0.2) is 0 Å². The number of aryl methyl sites for hydroxylation is 1. The molecule has 1 aromatic heterocycles. The van der Waals surface area contributed by atoms with Crippen LogP contribution in [0, 0.1) is 0 Å². The lowest BCUT2D eigenvalue weighted by atomic mass is 10.1. The zero-order valence-electron chi connectivity index (χ0n) is 14.7. The van der Waals surface area contributed by atoms with Crippen LogP contribution in [0.5, 0.6) is 5.75 Å². The minimum atomic E-state index is 0.251. The maximum atomic E-state index is 8.82. The molecular weight excluding hydrogens is 326 g/mol. The maximum absolute atomic E-state index is 8.82. The summed E-state index contributed by atoms with van der Waals surface area (Å²) in [6, 6.07) is 18.1. The van der Waals surface area contributed by atoms with E-state index in [0.29, 0.717) is 12.5 Å². The number of rotatable bonds is 9. The van der Waals surface area contributed by atoms with E-state index in [2.05, 4.69) is 17.1 Å². The van der Waals surface area contributed by atoms with Crippen LogP contribution >= 0.6 is 0 Å². The largest absolute Gasteiger partial charge is 0.487 e. The van der Waals surface area contributed by atoms with Crippen LogP contribution in [0.4, 0.5) is 0 Å². The van der Waals surface area contributed by atoms with Gasteiger partial charge in [-0.1, -0.05) is 42.5 Å². The summed E-state index contributed by atoms with van der Waals surface area (Å²) in [4.78, 5) is 4.41. The second-order valence-electron chi connectivity index (χ2n) is 6.03. The lowest BCUT2D eigenvalue weighted by molar-refractivity contribution is 0.284. The molecule has 4 nitrogen and oxygen atoms in total. The number of aromatic nitrogens is 1. The minimum absolute atomic E-state index is 0.251. The first kappa shape index (κ1) is 18.0. The summed E-state index contributed by atoms with van der Waals surface area (Å²) in [6.07, 6.45) is 8.24. The van der Waals surface area contributed by atoms with Crippen LogP contribution in [0.3, 0.4) is 0 Å². The Balaban J connectivity index is 1.49. The highest BCUT2D eigenvalue weighted by atomic mass is 16.5. The number of benzene rings is 2. The number of hydrogen-bond acceptors (Lipinski definition) is 4. The van der Waals surface area contributed by atoms with Crippen molar-refractivity contribution < 1.29 is 14.3 Å². The molecule has 3 aromatic rings. The number of oxazole rings is 1. The van der Waals surface area contributed by atoms with Crippen LogP contribution in [-0.2, 0) is 13.0 Å². The van der Waals surface area contributed by atoms with E-state index >= 15 is 0 Å². The van der Waals surface area contributed by atoms with Crippen molar-refractivity contribution in [2.24, 2.45) is 0 Å². The fourth-order valence-electron chi connectivity index (χ4n) is 2.55. The average molecular weight is 349 g/mol. The monoisotopic (exact) mass is 349 g/mol. The van der Waals surface area contributed by atoms with Gasteiger partial charge in [0.25, 0.3) is 0 Å². The molecule has 0 bridgehead atoms. The molecule has 26 heavy (non-hydrogen) atoms. The predicted octanol–water partition coefficient (Wildman–Crippen LogP) is 4.74. The molecule has 0 fully saturated rings. The fraction of sp³-hybridized carbons (Fsp3) is 0.227. The van der Waals surface area contributed by atoms with Crippen LogP contribution in [0.2, 0.25) is 0 Å². The van der Waals surface area contributed by atoms with E-state index < -0.39 is 0 Å². The van der Waals surface area contributed by atoms with Crippen molar-refractivity contribution in [1.82, 2.24) is 4.98 Å². The van der Waals surface area contributed by atoms with E-state index in [1.54, 1.807) is 6.26 Å². The van der Waals surface area contributed by atoms with Crippen LogP contribution in [-0.4, -0.2) is 16.7 Å². The lowest BCUT2D eigenvalue weighted by Gasteiger charge is -2.05. The Morgan fingerprint density at radius 1 is 0.962 bits per heavy atom. The van der Waals surface area contributed by atoms with Gasteiger partial charge in [-0.05, 0) is 48.6 Å². The van der Waals surface area contributed by atoms with Gasteiger partial charge in [-0.2, -0.15) is 0 Å². The van der Waals surface area contributed by atoms with Crippen molar-refractivity contribution in [2.45, 2.75) is 25.9 Å². The Morgan fingerprint density at radius 2 is 1.77 bits per heavy atom. The van der Waals surface area contributed by atoms with Crippen LogP contribution < -0.4 is 4.74 Å². The summed E-state index contributed by atoms with van der Waals surface area (Å²) < 4.78 is 11.2. The lowest BCUT2D eigenvalue weighted by Crippen LogP contribution is -1.96. The fourth-order valence-corrected chi connectivity index (χ4v) is 2.55. The van der Waals surface area contributed by atoms with Crippen molar-refractivity contribution in [3.05, 3.63) is 83.6 Å². The molecule has 3 rings (SSSR count). The molecule has 134 valence electrons. The molecule has 4 heteroatoms. The Labute approximate surface area is 153 Å². The highest BCUT2D eigenvalue weighted by Crippen LogP contribution is 2.16. The van der Waals surface area contributed by atoms with Gasteiger partial charge in [-0.3, -0.25) is 0 Å². The van der Waals surface area contributed by atoms with Crippen molar-refractivity contribution in [3.8, 4) is 5.75 Å². The minimum Gasteiger partial charge on any atom is -0.487 e. The zero-order chi connectivity index (χ0) is 18.0. The first-order valence-corrected chi connectivity index (χ1v) is 8.83. The van der Waals surface area contributed by atoms with Crippen molar-refractivity contribution in [1.29, 1.82) is 0 Å². The molecule has 0 unspecified atom stereocenters. The molecule has 0 aliphatic carbocycles. The van der Waals surface area contributed by atoms with Crippen LogP contribution in [0.15, 0.2) is 65.3 Å². The topological polar surface area (TPSA) is 55.5 Å². The highest BCUT2D eigenvalue weighted by molar-refractivity contribution is 5.65. The number of ether oxygens (including phenoxy) is 1. The number of aliphatic hydroxyl groups is 1. The van der Waals surface area contributed by atoms with Gasteiger partial charge in [0.1, 0.15) is 24.3 Å². The molecule has 0 amide bonds. The van der Waals surface area contributed by atoms with E-state index in [1.165, 1.54) is 5.56 Å². The Hall–Kier alpha value is -2.85. The van der Waals surface area contributed by atoms with Gasteiger partial charge < -0.3 is 14.3 Å². The van der Waals surface area contributed by atoms with Crippen molar-refractivity contribution in [3.63, 3.8) is 0 Å². The number of aliphatic hydroxyl groups excluding tert-OH is 1. The first-order valence-electron chi connectivity index (χ1n) is 8.83. The van der Waals surface area contributed by atoms with Gasteiger partial charge in [0.05, 0.1) is 0 Å². The molecular formula is C22H23NO3. The average Bonchev–Trinajstić information content (AvgIpc) is 3.15. The second-order valence-corrected chi connectivity index (χ2v) is 6.03. The second kappa shape index (κ2) is 9.59. The summed E-state index contributed by atoms with van der Waals surface area (Å²) in [5, 5.41) is 8.82. The predicted molar refractivity (Wildman–Crippen MR) is 103 cm³/mol. The SMILES string of the molecule is OCCCCc1ccc(OCc2coc(C=Cc3ccccc3)n2)cc1. The summed E-state index contributed by atoms with van der Waals surface area (Å²) in [6.45, 7) is 0.619. The molecule has 1 heterocycles. The molecule has 1 N–H and O–H groups in total. The van der Waals surface area contributed by atoms with E-state index in [1.807, 2.05) is 54.6 Å². The summed E-state index contributed by atoms with van der Waals surface area (Å²) >= 11 is 0. The van der Waals surface area contributed by atoms with Crippen LogP contribution in [0.1, 0.15) is 35.6 Å². The highest BCUT2D eigenvalue weighted by Gasteiger charge is 2.03. The maximum Gasteiger partial charge on any atom is 0.218 e. The number of nitrogens with zero attached hydrogens (tertiary/aromatic N) is 1. The molecule has 0 aliphatic rings. The Bertz CT molecular complexity index is 807. The van der Waals surface area contributed by atoms with Gasteiger partial charge in [0, 0.05) is 12.7 Å². The third-order valence-corrected chi connectivity index (χ3v) is 3.97. The van der Waals surface area contributed by atoms with Gasteiger partial charge in [-0.25, -0.2) is 4.98 Å². The van der Waals surface area contributed by atoms with Crippen molar-refractivity contribution in [2.75, 3.05) is 6.61 Å². The van der Waals surface area contributed by atoms with E-state index in [-0.39, 0.29) is 6.61 Å². The van der Waals surface area contributed by atoms with Gasteiger partial charge in [-0.15, -0.1) is 0 Å². The quantitative estimate of drug-likeness (QED) is 0.567. The number of hydrogen-bond donors (Lipinski definition) is 1. The smallest absolute Gasteiger partial charge is 0.218 e.